The maximum Gasteiger partial charge on any atom is 0.191 e. The molecule has 1 nitrogen and oxygen atoms in total. The lowest BCUT2D eigenvalue weighted by Crippen LogP contribution is -2.40. The van der Waals surface area contributed by atoms with E-state index in [1.54, 1.807) is 0 Å². The molecule has 0 aromatic carbocycles. The van der Waals surface area contributed by atoms with Gasteiger partial charge in [0.2, 0.25) is 0 Å². The van der Waals surface area contributed by atoms with Crippen LogP contribution in [0.3, 0.4) is 0 Å². The van der Waals surface area contributed by atoms with Gasteiger partial charge in [-0.2, -0.15) is 0 Å². The van der Waals surface area contributed by atoms with Crippen molar-refractivity contribution in [3.05, 3.63) is 0 Å². The van der Waals surface area contributed by atoms with Gasteiger partial charge in [-0.3, -0.25) is 0 Å². The lowest BCUT2D eigenvalue weighted by molar-refractivity contribution is 0.277. The first-order chi connectivity index (χ1) is 7.81. The quantitative estimate of drug-likeness (QED) is 0.377. The molecule has 0 rings (SSSR count). The van der Waals surface area contributed by atoms with Crippen LogP contribution in [-0.4, -0.2) is 14.9 Å². The first-order valence-corrected chi connectivity index (χ1v) is 10.4. The van der Waals surface area contributed by atoms with Gasteiger partial charge in [0, 0.05) is 6.61 Å². The van der Waals surface area contributed by atoms with E-state index in [4.69, 9.17) is 4.43 Å². The van der Waals surface area contributed by atoms with E-state index in [0.717, 1.165) is 6.61 Å². The van der Waals surface area contributed by atoms with Crippen molar-refractivity contribution < 1.29 is 4.43 Å². The van der Waals surface area contributed by atoms with Gasteiger partial charge in [0.25, 0.3) is 0 Å². The lowest BCUT2D eigenvalue weighted by atomic mass is 10.1. The standard InChI is InChI=1S/C15H34OSi/c1-7-8-9-10-11-12-13-14-16-17(5,6)15(2,3)4/h7-14H2,1-6H3. The van der Waals surface area contributed by atoms with Crippen molar-refractivity contribution >= 4 is 8.32 Å². The lowest BCUT2D eigenvalue weighted by Gasteiger charge is -2.36. The second-order valence-electron chi connectivity index (χ2n) is 6.73. The summed E-state index contributed by atoms with van der Waals surface area (Å²) in [5, 5.41) is 0.355. The Morgan fingerprint density at radius 2 is 1.29 bits per heavy atom. The summed E-state index contributed by atoms with van der Waals surface area (Å²) in [5.74, 6) is 0. The van der Waals surface area contributed by atoms with Crippen molar-refractivity contribution in [2.24, 2.45) is 0 Å². The van der Waals surface area contributed by atoms with E-state index in [1.807, 2.05) is 0 Å². The third-order valence-electron chi connectivity index (χ3n) is 4.02. The average molecular weight is 259 g/mol. The van der Waals surface area contributed by atoms with Gasteiger partial charge in [0.15, 0.2) is 8.32 Å². The summed E-state index contributed by atoms with van der Waals surface area (Å²) in [4.78, 5) is 0. The second kappa shape index (κ2) is 8.31. The summed E-state index contributed by atoms with van der Waals surface area (Å²) in [5.41, 5.74) is 0. The molecule has 0 aliphatic rings. The molecule has 0 aromatic rings. The van der Waals surface area contributed by atoms with Gasteiger partial charge in [-0.1, -0.05) is 66.2 Å². The molecule has 0 aliphatic carbocycles. The Balaban J connectivity index is 3.46. The Hall–Kier alpha value is 0.177. The number of hydrogen-bond donors (Lipinski definition) is 0. The molecule has 0 aromatic heterocycles. The van der Waals surface area contributed by atoms with Crippen LogP contribution in [0.5, 0.6) is 0 Å². The predicted octanol–water partition coefficient (Wildman–Crippen LogP) is 5.76. The van der Waals surface area contributed by atoms with Crippen LogP contribution in [0.4, 0.5) is 0 Å². The number of hydrogen-bond acceptors (Lipinski definition) is 1. The Morgan fingerprint density at radius 3 is 1.76 bits per heavy atom. The zero-order valence-electron chi connectivity index (χ0n) is 13.1. The van der Waals surface area contributed by atoms with E-state index in [0.29, 0.717) is 5.04 Å². The summed E-state index contributed by atoms with van der Waals surface area (Å²) in [6.07, 6.45) is 9.56. The molecule has 0 spiro atoms. The highest BCUT2D eigenvalue weighted by molar-refractivity contribution is 6.74. The van der Waals surface area contributed by atoms with Gasteiger partial charge >= 0.3 is 0 Å². The van der Waals surface area contributed by atoms with Crippen molar-refractivity contribution in [3.8, 4) is 0 Å². The molecule has 0 fully saturated rings. The maximum absolute atomic E-state index is 6.16. The second-order valence-corrected chi connectivity index (χ2v) is 11.5. The smallest absolute Gasteiger partial charge is 0.191 e. The molecule has 0 heterocycles. The molecule has 0 N–H and O–H groups in total. The molecule has 0 saturated heterocycles. The maximum atomic E-state index is 6.16. The highest BCUT2D eigenvalue weighted by Crippen LogP contribution is 2.36. The van der Waals surface area contributed by atoms with Crippen molar-refractivity contribution in [2.75, 3.05) is 6.61 Å². The van der Waals surface area contributed by atoms with Gasteiger partial charge in [-0.05, 0) is 24.6 Å². The van der Waals surface area contributed by atoms with Crippen LogP contribution in [0.25, 0.3) is 0 Å². The van der Waals surface area contributed by atoms with Crippen LogP contribution >= 0.6 is 0 Å². The van der Waals surface area contributed by atoms with E-state index in [-0.39, 0.29) is 0 Å². The summed E-state index contributed by atoms with van der Waals surface area (Å²) < 4.78 is 6.16. The van der Waals surface area contributed by atoms with Crippen LogP contribution in [0.2, 0.25) is 18.1 Å². The molecular weight excluding hydrogens is 224 g/mol. The van der Waals surface area contributed by atoms with E-state index in [1.165, 1.54) is 44.9 Å². The average Bonchev–Trinajstić information content (AvgIpc) is 2.20. The zero-order chi connectivity index (χ0) is 13.4. The van der Waals surface area contributed by atoms with Gasteiger partial charge in [0.1, 0.15) is 0 Å². The molecule has 2 heteroatoms. The van der Waals surface area contributed by atoms with Crippen LogP contribution in [-0.2, 0) is 4.43 Å². The number of rotatable bonds is 9. The molecule has 0 radical (unpaired) electrons. The Bertz CT molecular complexity index is 182. The monoisotopic (exact) mass is 258 g/mol. The Morgan fingerprint density at radius 1 is 0.824 bits per heavy atom. The highest BCUT2D eigenvalue weighted by atomic mass is 28.4. The minimum Gasteiger partial charge on any atom is -0.417 e. The normalized spacial score (nSPS) is 13.1. The summed E-state index contributed by atoms with van der Waals surface area (Å²) in [6.45, 7) is 14.9. The van der Waals surface area contributed by atoms with E-state index in [2.05, 4.69) is 40.8 Å². The van der Waals surface area contributed by atoms with Crippen molar-refractivity contribution in [3.63, 3.8) is 0 Å². The fourth-order valence-corrected chi connectivity index (χ4v) is 2.69. The zero-order valence-corrected chi connectivity index (χ0v) is 14.1. The summed E-state index contributed by atoms with van der Waals surface area (Å²) in [6, 6.07) is 0. The Labute approximate surface area is 110 Å². The molecule has 0 aliphatic heterocycles. The Kier molecular flexibility index (Phi) is 8.40. The molecular formula is C15H34OSi. The van der Waals surface area contributed by atoms with Gasteiger partial charge in [0.05, 0.1) is 0 Å². The number of unbranched alkanes of at least 4 members (excludes halogenated alkanes) is 6. The largest absolute Gasteiger partial charge is 0.417 e. The minimum absolute atomic E-state index is 0.355. The molecule has 104 valence electrons. The van der Waals surface area contributed by atoms with Gasteiger partial charge in [-0.15, -0.1) is 0 Å². The topological polar surface area (TPSA) is 9.23 Å². The summed E-state index contributed by atoms with van der Waals surface area (Å²) >= 11 is 0. The van der Waals surface area contributed by atoms with Crippen LogP contribution in [0.1, 0.15) is 72.6 Å². The minimum atomic E-state index is -1.49. The first-order valence-electron chi connectivity index (χ1n) is 7.45. The molecule has 0 bridgehead atoms. The predicted molar refractivity (Wildman–Crippen MR) is 81.1 cm³/mol. The van der Waals surface area contributed by atoms with Crippen molar-refractivity contribution in [1.29, 1.82) is 0 Å². The molecule has 0 amide bonds. The molecule has 0 saturated carbocycles. The van der Waals surface area contributed by atoms with E-state index < -0.39 is 8.32 Å². The fourth-order valence-electron chi connectivity index (χ4n) is 1.60. The SMILES string of the molecule is CCCCCCCCCO[Si](C)(C)C(C)(C)C. The van der Waals surface area contributed by atoms with Crippen LogP contribution in [0, 0.1) is 0 Å². The highest BCUT2D eigenvalue weighted by Gasteiger charge is 2.36. The van der Waals surface area contributed by atoms with Gasteiger partial charge in [-0.25, -0.2) is 0 Å². The third kappa shape index (κ3) is 7.99. The third-order valence-corrected chi connectivity index (χ3v) is 8.56. The van der Waals surface area contributed by atoms with E-state index >= 15 is 0 Å². The summed E-state index contributed by atoms with van der Waals surface area (Å²) in [7, 11) is -1.49. The van der Waals surface area contributed by atoms with Crippen LogP contribution in [0.15, 0.2) is 0 Å². The van der Waals surface area contributed by atoms with E-state index in [9.17, 15) is 0 Å². The molecule has 17 heavy (non-hydrogen) atoms. The van der Waals surface area contributed by atoms with Crippen molar-refractivity contribution in [2.45, 2.75) is 90.8 Å². The fraction of sp³-hybridized carbons (Fsp3) is 1.00. The molecule has 0 unspecified atom stereocenters. The first kappa shape index (κ1) is 17.2. The van der Waals surface area contributed by atoms with Crippen LogP contribution < -0.4 is 0 Å². The molecule has 0 atom stereocenters. The van der Waals surface area contributed by atoms with Gasteiger partial charge < -0.3 is 4.43 Å². The van der Waals surface area contributed by atoms with Crippen molar-refractivity contribution in [1.82, 2.24) is 0 Å².